The molecule has 3 N–H and O–H groups in total. The maximum absolute atomic E-state index is 9.88. The predicted molar refractivity (Wildman–Crippen MR) is 103 cm³/mol. The molecule has 0 bridgehead atoms. The fourth-order valence-electron chi connectivity index (χ4n) is 2.78. The average molecular weight is 417 g/mol. The van der Waals surface area contributed by atoms with E-state index in [0.717, 1.165) is 38.3 Å². The summed E-state index contributed by atoms with van der Waals surface area (Å²) in [5.41, 5.74) is 2.51. The van der Waals surface area contributed by atoms with Crippen LogP contribution in [0.25, 0.3) is 0 Å². The SMILES string of the molecule is CCNC(=NCc1ccccc1C)NCC1CCCC1O.I. The third-order valence-electron chi connectivity index (χ3n) is 4.16. The van der Waals surface area contributed by atoms with Crippen molar-refractivity contribution in [3.05, 3.63) is 35.4 Å². The number of halogens is 1. The van der Waals surface area contributed by atoms with E-state index in [-0.39, 0.29) is 30.1 Å². The largest absolute Gasteiger partial charge is 0.393 e. The van der Waals surface area contributed by atoms with Crippen LogP contribution in [-0.2, 0) is 6.54 Å². The minimum absolute atomic E-state index is 0. The molecule has 1 saturated carbocycles. The van der Waals surface area contributed by atoms with Crippen LogP contribution in [0.3, 0.4) is 0 Å². The maximum Gasteiger partial charge on any atom is 0.191 e. The fourth-order valence-corrected chi connectivity index (χ4v) is 2.78. The van der Waals surface area contributed by atoms with Crippen molar-refractivity contribution in [2.45, 2.75) is 45.8 Å². The normalized spacial score (nSPS) is 21.3. The molecule has 0 heterocycles. The molecule has 0 spiro atoms. The van der Waals surface area contributed by atoms with Gasteiger partial charge < -0.3 is 15.7 Å². The molecule has 1 aromatic carbocycles. The van der Waals surface area contributed by atoms with E-state index in [1.165, 1.54) is 11.1 Å². The van der Waals surface area contributed by atoms with E-state index in [2.05, 4.69) is 41.6 Å². The highest BCUT2D eigenvalue weighted by molar-refractivity contribution is 14.0. The number of aliphatic hydroxyl groups excluding tert-OH is 1. The number of rotatable bonds is 5. The molecule has 2 unspecified atom stereocenters. The van der Waals surface area contributed by atoms with Gasteiger partial charge in [-0.2, -0.15) is 0 Å². The summed E-state index contributed by atoms with van der Waals surface area (Å²) in [6.07, 6.45) is 3.01. The van der Waals surface area contributed by atoms with Crippen LogP contribution in [0.2, 0.25) is 0 Å². The number of nitrogens with one attached hydrogen (secondary N) is 2. The van der Waals surface area contributed by atoms with E-state index in [9.17, 15) is 5.11 Å². The number of hydrogen-bond acceptors (Lipinski definition) is 2. The highest BCUT2D eigenvalue weighted by Gasteiger charge is 2.24. The third-order valence-corrected chi connectivity index (χ3v) is 4.16. The Bertz CT molecular complexity index is 479. The number of hydrogen-bond donors (Lipinski definition) is 3. The summed E-state index contributed by atoms with van der Waals surface area (Å²) in [7, 11) is 0. The highest BCUT2D eigenvalue weighted by Crippen LogP contribution is 2.24. The molecule has 1 fully saturated rings. The van der Waals surface area contributed by atoms with Gasteiger partial charge in [0.25, 0.3) is 0 Å². The molecule has 0 aliphatic heterocycles. The van der Waals surface area contributed by atoms with E-state index in [1.54, 1.807) is 0 Å². The second kappa shape index (κ2) is 10.0. The van der Waals surface area contributed by atoms with Gasteiger partial charge in [0.2, 0.25) is 0 Å². The molecule has 1 aromatic rings. The van der Waals surface area contributed by atoms with Crippen molar-refractivity contribution in [1.29, 1.82) is 0 Å². The summed E-state index contributed by atoms with van der Waals surface area (Å²) in [4.78, 5) is 4.64. The van der Waals surface area contributed by atoms with Crippen LogP contribution in [0.15, 0.2) is 29.3 Å². The summed E-state index contributed by atoms with van der Waals surface area (Å²) in [6.45, 7) is 6.48. The van der Waals surface area contributed by atoms with Crippen molar-refractivity contribution in [2.24, 2.45) is 10.9 Å². The van der Waals surface area contributed by atoms with Crippen LogP contribution in [0, 0.1) is 12.8 Å². The van der Waals surface area contributed by atoms with Crippen molar-refractivity contribution in [1.82, 2.24) is 10.6 Å². The molecule has 124 valence electrons. The number of guanidine groups is 1. The Morgan fingerprint density at radius 3 is 2.68 bits per heavy atom. The zero-order valence-electron chi connectivity index (χ0n) is 13.5. The number of aryl methyl sites for hydroxylation is 1. The first-order valence-electron chi connectivity index (χ1n) is 7.95. The van der Waals surface area contributed by atoms with Crippen LogP contribution in [0.4, 0.5) is 0 Å². The van der Waals surface area contributed by atoms with Gasteiger partial charge in [-0.3, -0.25) is 0 Å². The van der Waals surface area contributed by atoms with E-state index in [1.807, 2.05) is 12.1 Å². The Morgan fingerprint density at radius 1 is 1.27 bits per heavy atom. The molecule has 22 heavy (non-hydrogen) atoms. The van der Waals surface area contributed by atoms with Crippen LogP contribution >= 0.6 is 24.0 Å². The topological polar surface area (TPSA) is 56.7 Å². The third kappa shape index (κ3) is 5.76. The zero-order valence-corrected chi connectivity index (χ0v) is 15.8. The predicted octanol–water partition coefficient (Wildman–Crippen LogP) is 2.83. The molecule has 0 radical (unpaired) electrons. The summed E-state index contributed by atoms with van der Waals surface area (Å²) in [5.74, 6) is 1.19. The molecule has 2 rings (SSSR count). The van der Waals surface area contributed by atoms with Gasteiger partial charge in [0.1, 0.15) is 0 Å². The lowest BCUT2D eigenvalue weighted by atomic mass is 10.1. The second-order valence-corrected chi connectivity index (χ2v) is 5.76. The molecule has 1 aliphatic carbocycles. The fraction of sp³-hybridized carbons (Fsp3) is 0.588. The summed E-state index contributed by atoms with van der Waals surface area (Å²) >= 11 is 0. The van der Waals surface area contributed by atoms with Gasteiger partial charge >= 0.3 is 0 Å². The van der Waals surface area contributed by atoms with Gasteiger partial charge in [-0.1, -0.05) is 30.7 Å². The van der Waals surface area contributed by atoms with E-state index < -0.39 is 0 Å². The first-order valence-corrected chi connectivity index (χ1v) is 7.95. The molecular weight excluding hydrogens is 389 g/mol. The average Bonchev–Trinajstić information content (AvgIpc) is 2.89. The zero-order chi connectivity index (χ0) is 15.1. The van der Waals surface area contributed by atoms with Gasteiger partial charge in [-0.25, -0.2) is 4.99 Å². The van der Waals surface area contributed by atoms with E-state index >= 15 is 0 Å². The number of benzene rings is 1. The van der Waals surface area contributed by atoms with Crippen LogP contribution in [-0.4, -0.2) is 30.3 Å². The van der Waals surface area contributed by atoms with Crippen molar-refractivity contribution in [3.63, 3.8) is 0 Å². The van der Waals surface area contributed by atoms with Gasteiger partial charge in [-0.05, 0) is 37.8 Å². The first-order chi connectivity index (χ1) is 10.2. The smallest absolute Gasteiger partial charge is 0.191 e. The summed E-state index contributed by atoms with van der Waals surface area (Å²) in [6, 6.07) is 8.32. The van der Waals surface area contributed by atoms with Crippen molar-refractivity contribution in [3.8, 4) is 0 Å². The lowest BCUT2D eigenvalue weighted by molar-refractivity contribution is 0.134. The first kappa shape index (κ1) is 19.2. The van der Waals surface area contributed by atoms with Crippen molar-refractivity contribution >= 4 is 29.9 Å². The van der Waals surface area contributed by atoms with Gasteiger partial charge in [-0.15, -0.1) is 24.0 Å². The van der Waals surface area contributed by atoms with Crippen LogP contribution in [0.5, 0.6) is 0 Å². The standard InChI is InChI=1S/C17H27N3O.HI/c1-3-18-17(20-12-15-9-6-10-16(15)21)19-11-14-8-5-4-7-13(14)2;/h4-5,7-8,15-16,21H,3,6,9-12H2,1-2H3,(H2,18,19,20);1H. The molecule has 0 aromatic heterocycles. The monoisotopic (exact) mass is 417 g/mol. The Labute approximate surface area is 150 Å². The quantitative estimate of drug-likeness (QED) is 0.393. The minimum Gasteiger partial charge on any atom is -0.393 e. The van der Waals surface area contributed by atoms with Gasteiger partial charge in [0.15, 0.2) is 5.96 Å². The number of aliphatic hydroxyl groups is 1. The van der Waals surface area contributed by atoms with Gasteiger partial charge in [0, 0.05) is 19.0 Å². The van der Waals surface area contributed by atoms with E-state index in [4.69, 9.17) is 0 Å². The Hall–Kier alpha value is -0.820. The molecular formula is C17H28IN3O. The summed E-state index contributed by atoms with van der Waals surface area (Å²) in [5, 5.41) is 16.5. The minimum atomic E-state index is -0.156. The lowest BCUT2D eigenvalue weighted by Gasteiger charge is -2.17. The Kier molecular flexibility index (Phi) is 8.78. The van der Waals surface area contributed by atoms with Crippen LogP contribution < -0.4 is 10.6 Å². The molecule has 0 amide bonds. The molecule has 0 saturated heterocycles. The van der Waals surface area contributed by atoms with Crippen molar-refractivity contribution in [2.75, 3.05) is 13.1 Å². The van der Waals surface area contributed by atoms with Crippen LogP contribution in [0.1, 0.15) is 37.3 Å². The molecule has 1 aliphatic rings. The Morgan fingerprint density at radius 2 is 2.05 bits per heavy atom. The lowest BCUT2D eigenvalue weighted by Crippen LogP contribution is -2.41. The maximum atomic E-state index is 9.88. The molecule has 2 atom stereocenters. The highest BCUT2D eigenvalue weighted by atomic mass is 127. The molecule has 4 nitrogen and oxygen atoms in total. The summed E-state index contributed by atoms with van der Waals surface area (Å²) < 4.78 is 0. The number of nitrogens with zero attached hydrogens (tertiary/aromatic N) is 1. The Balaban J connectivity index is 0.00000242. The second-order valence-electron chi connectivity index (χ2n) is 5.76. The van der Waals surface area contributed by atoms with Crippen molar-refractivity contribution < 1.29 is 5.11 Å². The number of aliphatic imine (C=N–C) groups is 1. The van der Waals surface area contributed by atoms with Gasteiger partial charge in [0.05, 0.1) is 12.6 Å². The molecule has 5 heteroatoms. The van der Waals surface area contributed by atoms with E-state index in [0.29, 0.717) is 12.5 Å².